The summed E-state index contributed by atoms with van der Waals surface area (Å²) in [5.74, 6) is 4.02. The second kappa shape index (κ2) is 23.2. The Morgan fingerprint density at radius 2 is 0.922 bits per heavy atom. The average Bonchev–Trinajstić information content (AvgIpc) is 3.32. The maximum Gasteiger partial charge on any atom is 0.307 e. The van der Waals surface area contributed by atoms with Crippen molar-refractivity contribution in [3.8, 4) is 46.0 Å². The summed E-state index contributed by atoms with van der Waals surface area (Å²) in [7, 11) is 11.3. The van der Waals surface area contributed by atoms with Gasteiger partial charge in [-0.15, -0.1) is 0 Å². The number of rotatable bonds is 23. The highest BCUT2D eigenvalue weighted by Gasteiger charge is 2.32. The van der Waals surface area contributed by atoms with Gasteiger partial charge in [-0.1, -0.05) is 12.1 Å². The van der Waals surface area contributed by atoms with Gasteiger partial charge in [0.1, 0.15) is 0 Å². The number of hydrogen-bond acceptors (Lipinski definition) is 14. The Bertz CT molecular complexity index is 2190. The van der Waals surface area contributed by atoms with Crippen LogP contribution in [-0.4, -0.2) is 116 Å². The highest BCUT2D eigenvalue weighted by atomic mass is 16.5. The predicted molar refractivity (Wildman–Crippen MR) is 242 cm³/mol. The number of benzene rings is 4. The minimum Gasteiger partial charge on any atom is -0.504 e. The minimum atomic E-state index is -0.257. The number of carbonyl (C=O) groups excluding carboxylic acids is 2. The summed E-state index contributed by atoms with van der Waals surface area (Å²) in [4.78, 5) is 30.6. The molecule has 6 rings (SSSR count). The summed E-state index contributed by atoms with van der Waals surface area (Å²) in [5.41, 5.74) is 6.62. The van der Waals surface area contributed by atoms with Crippen LogP contribution in [-0.2, 0) is 44.7 Å². The number of phenolic OH excluding ortho intramolecular Hbond substituents is 1. The molecule has 0 saturated carbocycles. The molecule has 0 spiro atoms. The quantitative estimate of drug-likeness (QED) is 0.0581. The molecule has 14 nitrogen and oxygen atoms in total. The summed E-state index contributed by atoms with van der Waals surface area (Å²) in [5, 5.41) is 10.5. The van der Waals surface area contributed by atoms with Crippen LogP contribution in [0.15, 0.2) is 60.7 Å². The van der Waals surface area contributed by atoms with Gasteiger partial charge in [0, 0.05) is 38.3 Å². The molecule has 2 aliphatic rings. The maximum atomic E-state index is 13.0. The van der Waals surface area contributed by atoms with Gasteiger partial charge in [0.25, 0.3) is 0 Å². The van der Waals surface area contributed by atoms with Gasteiger partial charge < -0.3 is 47.7 Å². The van der Waals surface area contributed by atoms with E-state index < -0.39 is 0 Å². The van der Waals surface area contributed by atoms with Crippen LogP contribution in [0.3, 0.4) is 0 Å². The number of unbranched alkanes of at least 4 members (excludes halogenated alkanes) is 2. The zero-order valence-corrected chi connectivity index (χ0v) is 38.4. The lowest BCUT2D eigenvalue weighted by Gasteiger charge is -2.38. The van der Waals surface area contributed by atoms with E-state index in [4.69, 9.17) is 42.6 Å². The molecule has 0 saturated heterocycles. The SMILES string of the molecule is COc1ccc(CC2c3cc(OC)c(OC)cc3CCN2CCC(=O)OCCCCCOC(=O)CCN2CCc3cc(OC)c(OC)cc3C2Cc2ccc(OC)c(OC)c2)cc1O. The van der Waals surface area contributed by atoms with E-state index in [2.05, 4.69) is 21.9 Å². The van der Waals surface area contributed by atoms with Crippen LogP contribution in [0.1, 0.15) is 77.6 Å². The first-order valence-corrected chi connectivity index (χ1v) is 22.0. The van der Waals surface area contributed by atoms with E-state index in [1.807, 2.05) is 36.4 Å². The number of nitrogens with zero attached hydrogens (tertiary/aromatic N) is 2. The van der Waals surface area contributed by atoms with Gasteiger partial charge in [0.2, 0.25) is 0 Å². The standard InChI is InChI=1S/C50H64N2O12/c1-56-42-13-11-33(27-41(42)53)25-39-37-31-47(61-6)45(59-4)29-35(37)15-19-51(39)21-17-49(54)63-23-9-8-10-24-64-50(55)18-22-52-20-16-36-30-46(60-5)48(62-7)32-38(36)40(52)26-34-12-14-43(57-2)44(28-34)58-3/h11-14,27-32,39-40,53H,8-10,15-26H2,1-7H3. The van der Waals surface area contributed by atoms with Crippen LogP contribution < -0.4 is 33.2 Å². The Labute approximate surface area is 377 Å². The summed E-state index contributed by atoms with van der Waals surface area (Å²) in [6.07, 6.45) is 5.51. The number of methoxy groups -OCH3 is 7. The molecule has 2 heterocycles. The van der Waals surface area contributed by atoms with Crippen molar-refractivity contribution in [3.05, 3.63) is 94.0 Å². The van der Waals surface area contributed by atoms with Crippen LogP contribution in [0.5, 0.6) is 46.0 Å². The van der Waals surface area contributed by atoms with E-state index in [0.717, 1.165) is 60.2 Å². The Balaban J connectivity index is 0.952. The summed E-state index contributed by atoms with van der Waals surface area (Å²) >= 11 is 0. The van der Waals surface area contributed by atoms with Crippen LogP contribution in [0.4, 0.5) is 0 Å². The molecule has 0 bridgehead atoms. The molecular formula is C50H64N2O12. The molecule has 0 aromatic heterocycles. The average molecular weight is 885 g/mol. The van der Waals surface area contributed by atoms with Crippen molar-refractivity contribution < 1.29 is 57.3 Å². The molecule has 346 valence electrons. The molecule has 0 fully saturated rings. The summed E-state index contributed by atoms with van der Waals surface area (Å²) in [6, 6.07) is 19.5. The molecule has 2 aliphatic heterocycles. The molecule has 4 aromatic carbocycles. The molecule has 1 N–H and O–H groups in total. The monoisotopic (exact) mass is 884 g/mol. The van der Waals surface area contributed by atoms with E-state index >= 15 is 0 Å². The van der Waals surface area contributed by atoms with Crippen LogP contribution >= 0.6 is 0 Å². The van der Waals surface area contributed by atoms with Crippen molar-refractivity contribution in [2.75, 3.05) is 89.2 Å². The zero-order valence-electron chi connectivity index (χ0n) is 38.4. The van der Waals surface area contributed by atoms with Crippen molar-refractivity contribution >= 4 is 11.9 Å². The Morgan fingerprint density at radius 3 is 1.36 bits per heavy atom. The fraction of sp³-hybridized carbons (Fsp3) is 0.480. The normalized spacial score (nSPS) is 15.9. The third-order valence-electron chi connectivity index (χ3n) is 12.3. The lowest BCUT2D eigenvalue weighted by molar-refractivity contribution is -0.144. The van der Waals surface area contributed by atoms with E-state index in [1.54, 1.807) is 54.8 Å². The second-order valence-electron chi connectivity index (χ2n) is 16.0. The largest absolute Gasteiger partial charge is 0.504 e. The number of carbonyl (C=O) groups is 2. The second-order valence-corrected chi connectivity index (χ2v) is 16.0. The molecule has 64 heavy (non-hydrogen) atoms. The Kier molecular flexibility index (Phi) is 17.2. The number of esters is 2. The fourth-order valence-electron chi connectivity index (χ4n) is 8.86. The number of ether oxygens (including phenoxy) is 9. The van der Waals surface area contributed by atoms with Gasteiger partial charge in [0.05, 0.1) is 75.8 Å². The third kappa shape index (κ3) is 11.8. The fourth-order valence-corrected chi connectivity index (χ4v) is 8.86. The highest BCUT2D eigenvalue weighted by molar-refractivity contribution is 5.70. The van der Waals surface area contributed by atoms with Gasteiger partial charge in [-0.3, -0.25) is 19.4 Å². The van der Waals surface area contributed by atoms with E-state index in [-0.39, 0.29) is 42.6 Å². The van der Waals surface area contributed by atoms with E-state index in [1.165, 1.54) is 12.7 Å². The molecular weight excluding hydrogens is 821 g/mol. The Morgan fingerprint density at radius 1 is 0.516 bits per heavy atom. The van der Waals surface area contributed by atoms with Gasteiger partial charge in [-0.05, 0) is 127 Å². The lowest BCUT2D eigenvalue weighted by atomic mass is 9.88. The Hall–Kier alpha value is -5.86. The van der Waals surface area contributed by atoms with Gasteiger partial charge in [0.15, 0.2) is 46.0 Å². The van der Waals surface area contributed by atoms with Crippen molar-refractivity contribution in [2.45, 2.75) is 69.9 Å². The maximum absolute atomic E-state index is 13.0. The molecule has 0 aliphatic carbocycles. The molecule has 4 aromatic rings. The van der Waals surface area contributed by atoms with Gasteiger partial charge in [-0.25, -0.2) is 0 Å². The minimum absolute atomic E-state index is 0.0151. The van der Waals surface area contributed by atoms with Crippen molar-refractivity contribution in [1.82, 2.24) is 9.80 Å². The zero-order chi connectivity index (χ0) is 45.6. The topological polar surface area (TPSA) is 144 Å². The van der Waals surface area contributed by atoms with Gasteiger partial charge in [-0.2, -0.15) is 0 Å². The smallest absolute Gasteiger partial charge is 0.307 e. The third-order valence-corrected chi connectivity index (χ3v) is 12.3. The van der Waals surface area contributed by atoms with Crippen LogP contribution in [0.25, 0.3) is 0 Å². The van der Waals surface area contributed by atoms with Crippen LogP contribution in [0.2, 0.25) is 0 Å². The molecule has 0 amide bonds. The van der Waals surface area contributed by atoms with E-state index in [0.29, 0.717) is 92.2 Å². The number of hydrogen-bond donors (Lipinski definition) is 1. The van der Waals surface area contributed by atoms with Crippen molar-refractivity contribution in [3.63, 3.8) is 0 Å². The molecule has 2 atom stereocenters. The van der Waals surface area contributed by atoms with Crippen molar-refractivity contribution in [2.24, 2.45) is 0 Å². The van der Waals surface area contributed by atoms with Gasteiger partial charge >= 0.3 is 11.9 Å². The first kappa shape index (κ1) is 47.6. The first-order chi connectivity index (χ1) is 31.1. The molecule has 0 radical (unpaired) electrons. The number of phenols is 1. The highest BCUT2D eigenvalue weighted by Crippen LogP contribution is 2.42. The number of fused-ring (bicyclic) bond motifs is 2. The van der Waals surface area contributed by atoms with Crippen LogP contribution in [0, 0.1) is 0 Å². The van der Waals surface area contributed by atoms with Crippen molar-refractivity contribution in [1.29, 1.82) is 0 Å². The van der Waals surface area contributed by atoms with E-state index in [9.17, 15) is 14.7 Å². The predicted octanol–water partition coefficient (Wildman–Crippen LogP) is 7.47. The molecule has 14 heteroatoms. The first-order valence-electron chi connectivity index (χ1n) is 22.0. The summed E-state index contributed by atoms with van der Waals surface area (Å²) < 4.78 is 50.1. The lowest BCUT2D eigenvalue weighted by Crippen LogP contribution is -2.38. The number of aromatic hydroxyl groups is 1. The molecule has 2 unspecified atom stereocenters. The summed E-state index contributed by atoms with van der Waals surface area (Å²) in [6.45, 7) is 3.19.